The van der Waals surface area contributed by atoms with E-state index in [4.69, 9.17) is 23.2 Å². The number of alkyl halides is 1. The number of pyridine rings is 1. The summed E-state index contributed by atoms with van der Waals surface area (Å²) in [6, 6.07) is 12.2. The highest BCUT2D eigenvalue weighted by Crippen LogP contribution is 2.21. The number of benzene rings is 1. The molecule has 0 saturated heterocycles. The minimum absolute atomic E-state index is 0.0478. The summed E-state index contributed by atoms with van der Waals surface area (Å²) in [6.07, 6.45) is 2.16. The molecule has 0 aliphatic heterocycles. The maximum Gasteiger partial charge on any atom is 0.319 e. The highest BCUT2D eigenvalue weighted by molar-refractivity contribution is 6.30. The summed E-state index contributed by atoms with van der Waals surface area (Å²) in [5, 5.41) is 5.92. The fourth-order valence-electron chi connectivity index (χ4n) is 3.19. The summed E-state index contributed by atoms with van der Waals surface area (Å²) in [5.41, 5.74) is 4.53. The van der Waals surface area contributed by atoms with E-state index in [0.29, 0.717) is 40.8 Å². The number of halogens is 2. The Balaban J connectivity index is 1.73. The predicted molar refractivity (Wildman–Crippen MR) is 120 cm³/mol. The van der Waals surface area contributed by atoms with Crippen molar-refractivity contribution in [2.75, 3.05) is 17.7 Å². The second kappa shape index (κ2) is 9.78. The lowest BCUT2D eigenvalue weighted by atomic mass is 10.1. The summed E-state index contributed by atoms with van der Waals surface area (Å²) in [4.78, 5) is 29.1. The van der Waals surface area contributed by atoms with Gasteiger partial charge in [0.2, 0.25) is 5.78 Å². The number of hydrogen-bond acceptors (Lipinski definition) is 3. The quantitative estimate of drug-likeness (QED) is 0.414. The number of anilines is 1. The molecule has 2 aromatic heterocycles. The molecule has 0 aliphatic carbocycles. The van der Waals surface area contributed by atoms with Crippen molar-refractivity contribution in [2.45, 2.75) is 13.3 Å². The molecule has 0 radical (unpaired) electrons. The van der Waals surface area contributed by atoms with Crippen molar-refractivity contribution < 1.29 is 9.59 Å². The Morgan fingerprint density at radius 2 is 1.87 bits per heavy atom. The van der Waals surface area contributed by atoms with Gasteiger partial charge in [0.25, 0.3) is 0 Å². The van der Waals surface area contributed by atoms with Crippen molar-refractivity contribution in [3.8, 4) is 0 Å². The zero-order chi connectivity index (χ0) is 21.7. The van der Waals surface area contributed by atoms with Crippen LogP contribution in [0.15, 0.2) is 48.7 Å². The number of urea groups is 1. The van der Waals surface area contributed by atoms with Crippen LogP contribution in [0.5, 0.6) is 0 Å². The molecule has 1 aromatic carbocycles. The molecule has 30 heavy (non-hydrogen) atoms. The molecule has 3 rings (SSSR count). The normalized spacial score (nSPS) is 10.7. The van der Waals surface area contributed by atoms with Gasteiger partial charge >= 0.3 is 6.03 Å². The zero-order valence-electron chi connectivity index (χ0n) is 16.7. The fraction of sp³-hybridized carbons (Fsp3) is 0.227. The van der Waals surface area contributed by atoms with Crippen molar-refractivity contribution >= 4 is 40.7 Å². The smallest absolute Gasteiger partial charge is 0.319 e. The molecule has 8 heteroatoms. The molecule has 2 N–H and O–H groups in total. The van der Waals surface area contributed by atoms with Gasteiger partial charge in [0.05, 0.1) is 17.6 Å². The topological polar surface area (TPSA) is 76.0 Å². The Labute approximate surface area is 185 Å². The Hall–Kier alpha value is -2.83. The van der Waals surface area contributed by atoms with Crippen molar-refractivity contribution in [2.24, 2.45) is 7.05 Å². The lowest BCUT2D eigenvalue weighted by molar-refractivity contribution is 0.103. The number of hydrogen-bond donors (Lipinski definition) is 2. The van der Waals surface area contributed by atoms with Crippen molar-refractivity contribution in [3.63, 3.8) is 0 Å². The van der Waals surface area contributed by atoms with Gasteiger partial charge in [-0.15, -0.1) is 11.6 Å². The molecular weight excluding hydrogens is 423 g/mol. The second-order valence-electron chi connectivity index (χ2n) is 6.85. The molecule has 0 fully saturated rings. The second-order valence-corrected chi connectivity index (χ2v) is 7.66. The van der Waals surface area contributed by atoms with E-state index in [9.17, 15) is 9.59 Å². The summed E-state index contributed by atoms with van der Waals surface area (Å²) >= 11 is 11.5. The highest BCUT2D eigenvalue weighted by atomic mass is 35.5. The van der Waals surface area contributed by atoms with Gasteiger partial charge in [-0.3, -0.25) is 9.78 Å². The first kappa shape index (κ1) is 21.9. The van der Waals surface area contributed by atoms with Gasteiger partial charge in [-0.05, 0) is 55.0 Å². The highest BCUT2D eigenvalue weighted by Gasteiger charge is 2.18. The molecule has 0 saturated carbocycles. The van der Waals surface area contributed by atoms with Gasteiger partial charge in [-0.25, -0.2) is 4.79 Å². The first-order chi connectivity index (χ1) is 14.4. The van der Waals surface area contributed by atoms with Gasteiger partial charge in [0.1, 0.15) is 0 Å². The molecule has 0 spiro atoms. The Morgan fingerprint density at radius 3 is 2.50 bits per heavy atom. The predicted octanol–water partition coefficient (Wildman–Crippen LogP) is 4.56. The van der Waals surface area contributed by atoms with Crippen LogP contribution in [0.4, 0.5) is 10.5 Å². The van der Waals surface area contributed by atoms with E-state index in [0.717, 1.165) is 17.0 Å². The van der Waals surface area contributed by atoms with Gasteiger partial charge in [0, 0.05) is 47.9 Å². The molecule has 0 unspecified atom stereocenters. The molecule has 0 atom stereocenters. The largest absolute Gasteiger partial charge is 0.344 e. The Kier molecular flexibility index (Phi) is 7.13. The van der Waals surface area contributed by atoms with Crippen LogP contribution >= 0.6 is 23.2 Å². The number of carbonyl (C=O) groups is 2. The molecule has 0 aliphatic rings. The van der Waals surface area contributed by atoms with Gasteiger partial charge < -0.3 is 15.2 Å². The zero-order valence-corrected chi connectivity index (χ0v) is 18.2. The molecule has 6 nitrogen and oxygen atoms in total. The summed E-state index contributed by atoms with van der Waals surface area (Å²) < 4.78 is 1.90. The van der Waals surface area contributed by atoms with Gasteiger partial charge in [0.15, 0.2) is 0 Å². The summed E-state index contributed by atoms with van der Waals surface area (Å²) in [6.45, 7) is 2.31. The number of rotatable bonds is 7. The molecule has 2 heterocycles. The molecular formula is C22H22Cl2N4O2. The fourth-order valence-corrected chi connectivity index (χ4v) is 3.41. The Bertz CT molecular complexity index is 1040. The molecule has 156 valence electrons. The third kappa shape index (κ3) is 5.20. The van der Waals surface area contributed by atoms with Gasteiger partial charge in [-0.2, -0.15) is 0 Å². The van der Waals surface area contributed by atoms with Gasteiger partial charge in [-0.1, -0.05) is 11.6 Å². The number of amides is 2. The number of carbonyl (C=O) groups excluding carboxylic acids is 2. The Morgan fingerprint density at radius 1 is 1.13 bits per heavy atom. The number of ketones is 1. The van der Waals surface area contributed by atoms with Crippen LogP contribution in [-0.2, 0) is 13.5 Å². The van der Waals surface area contributed by atoms with Crippen molar-refractivity contribution in [3.05, 3.63) is 81.9 Å². The van der Waals surface area contributed by atoms with Crippen molar-refractivity contribution in [1.82, 2.24) is 14.9 Å². The van der Waals surface area contributed by atoms with Crippen LogP contribution in [0, 0.1) is 6.92 Å². The average molecular weight is 445 g/mol. The summed E-state index contributed by atoms with van der Waals surface area (Å²) in [7, 11) is 1.88. The number of nitrogens with zero attached hydrogens (tertiary/aromatic N) is 2. The SMILES string of the molecule is Cc1cc(Cc2ccc(NC(=O)NCCCl)cn2)n(C)c1C(=O)c1ccc(Cl)cc1. The minimum atomic E-state index is -0.325. The molecule has 2 amide bonds. The van der Waals surface area contributed by atoms with Crippen LogP contribution in [-0.4, -0.2) is 33.8 Å². The van der Waals surface area contributed by atoms with E-state index in [1.165, 1.54) is 0 Å². The third-order valence-corrected chi connectivity index (χ3v) is 5.11. The number of nitrogens with one attached hydrogen (secondary N) is 2. The average Bonchev–Trinajstić information content (AvgIpc) is 3.01. The van der Waals surface area contributed by atoms with Crippen molar-refractivity contribution in [1.29, 1.82) is 0 Å². The van der Waals surface area contributed by atoms with E-state index in [1.54, 1.807) is 36.5 Å². The first-order valence-electron chi connectivity index (χ1n) is 9.40. The monoisotopic (exact) mass is 444 g/mol. The molecule has 3 aromatic rings. The molecule has 0 bridgehead atoms. The first-order valence-corrected chi connectivity index (χ1v) is 10.3. The van der Waals surface area contributed by atoms with E-state index < -0.39 is 0 Å². The standard InChI is InChI=1S/C22H22Cl2N4O2/c1-14-11-19(28(2)20(14)21(29)15-3-5-16(24)6-4-15)12-17-7-8-18(13-26-17)27-22(30)25-10-9-23/h3-8,11,13H,9-10,12H2,1-2H3,(H2,25,27,30). The maximum absolute atomic E-state index is 13.0. The maximum atomic E-state index is 13.0. The van der Waals surface area contributed by atoms with Crippen LogP contribution in [0.25, 0.3) is 0 Å². The number of aromatic nitrogens is 2. The van der Waals surface area contributed by atoms with E-state index in [2.05, 4.69) is 15.6 Å². The number of aryl methyl sites for hydroxylation is 1. The van der Waals surface area contributed by atoms with Crippen LogP contribution in [0.1, 0.15) is 33.0 Å². The lowest BCUT2D eigenvalue weighted by Gasteiger charge is -2.09. The third-order valence-electron chi connectivity index (χ3n) is 4.67. The van der Waals surface area contributed by atoms with Crippen LogP contribution in [0.3, 0.4) is 0 Å². The van der Waals surface area contributed by atoms with Crippen LogP contribution in [0.2, 0.25) is 5.02 Å². The minimum Gasteiger partial charge on any atom is -0.344 e. The van der Waals surface area contributed by atoms with Crippen LogP contribution < -0.4 is 10.6 Å². The lowest BCUT2D eigenvalue weighted by Crippen LogP contribution is -2.30. The van der Waals surface area contributed by atoms with E-state index >= 15 is 0 Å². The van der Waals surface area contributed by atoms with E-state index in [-0.39, 0.29) is 11.8 Å². The summed E-state index contributed by atoms with van der Waals surface area (Å²) in [5.74, 6) is 0.303. The van der Waals surface area contributed by atoms with E-state index in [1.807, 2.05) is 30.7 Å².